The van der Waals surface area contributed by atoms with Crippen LogP contribution in [0.1, 0.15) is 38.8 Å². The molecule has 0 aliphatic carbocycles. The Kier molecular flexibility index (Phi) is 9.09. The maximum atomic E-state index is 12.5. The minimum absolute atomic E-state index is 0.0298. The maximum absolute atomic E-state index is 12.5. The van der Waals surface area contributed by atoms with E-state index in [0.717, 1.165) is 0 Å². The predicted molar refractivity (Wildman–Crippen MR) is 98.1 cm³/mol. The van der Waals surface area contributed by atoms with Crippen LogP contribution in [0.15, 0.2) is 12.5 Å². The Morgan fingerprint density at radius 3 is 2.29 bits per heavy atom. The van der Waals surface area contributed by atoms with E-state index in [2.05, 4.69) is 20.6 Å². The van der Waals surface area contributed by atoms with Crippen molar-refractivity contribution in [1.29, 1.82) is 0 Å². The zero-order valence-corrected chi connectivity index (χ0v) is 15.8. The fourth-order valence-electron chi connectivity index (χ4n) is 2.51. The Labute approximate surface area is 162 Å². The average molecular weight is 397 g/mol. The molecule has 1 aromatic rings. The summed E-state index contributed by atoms with van der Waals surface area (Å²) in [6, 6.07) is -3.29. The van der Waals surface area contributed by atoms with Crippen LogP contribution in [0.2, 0.25) is 0 Å². The number of aromatic amines is 1. The number of nitrogens with zero attached hydrogens (tertiary/aromatic N) is 1. The van der Waals surface area contributed by atoms with Crippen LogP contribution < -0.4 is 16.4 Å². The molecular weight excluding hydrogens is 370 g/mol. The summed E-state index contributed by atoms with van der Waals surface area (Å²) in [5.74, 6) is -3.75. The van der Waals surface area contributed by atoms with Crippen LogP contribution in [0.4, 0.5) is 0 Å². The van der Waals surface area contributed by atoms with E-state index in [1.165, 1.54) is 12.5 Å². The molecule has 0 fully saturated rings. The summed E-state index contributed by atoms with van der Waals surface area (Å²) in [7, 11) is 0. The number of carboxylic acids is 2. The van der Waals surface area contributed by atoms with Crippen molar-refractivity contribution in [2.45, 2.75) is 57.7 Å². The van der Waals surface area contributed by atoms with Gasteiger partial charge < -0.3 is 31.6 Å². The third-order valence-electron chi connectivity index (χ3n) is 3.93. The molecule has 0 aliphatic rings. The summed E-state index contributed by atoms with van der Waals surface area (Å²) in [5, 5.41) is 22.7. The lowest BCUT2D eigenvalue weighted by molar-refractivity contribution is -0.143. The number of imidazole rings is 1. The van der Waals surface area contributed by atoms with Crippen LogP contribution in [0, 0.1) is 5.92 Å². The molecule has 1 aromatic heterocycles. The number of nitrogens with one attached hydrogen (secondary N) is 3. The Bertz CT molecular complexity index is 676. The van der Waals surface area contributed by atoms with E-state index in [1.54, 1.807) is 0 Å². The normalized spacial score (nSPS) is 14.1. The zero-order valence-electron chi connectivity index (χ0n) is 15.8. The van der Waals surface area contributed by atoms with Crippen molar-refractivity contribution in [3.05, 3.63) is 18.2 Å². The summed E-state index contributed by atoms with van der Waals surface area (Å²) < 4.78 is 0. The van der Waals surface area contributed by atoms with Crippen LogP contribution in [0.3, 0.4) is 0 Å². The fraction of sp³-hybridized carbons (Fsp3) is 0.588. The third kappa shape index (κ3) is 8.16. The van der Waals surface area contributed by atoms with Crippen LogP contribution in [-0.2, 0) is 25.6 Å². The second-order valence-corrected chi connectivity index (χ2v) is 6.91. The van der Waals surface area contributed by atoms with Crippen LogP contribution in [0.5, 0.6) is 0 Å². The molecule has 1 heterocycles. The molecule has 0 aliphatic heterocycles. The van der Waals surface area contributed by atoms with Crippen molar-refractivity contribution in [1.82, 2.24) is 20.6 Å². The van der Waals surface area contributed by atoms with Gasteiger partial charge in [0.25, 0.3) is 0 Å². The number of H-pyrrole nitrogens is 1. The summed E-state index contributed by atoms with van der Waals surface area (Å²) in [6.07, 6.45) is 2.77. The first-order chi connectivity index (χ1) is 13.1. The molecular formula is C17H27N5O6. The van der Waals surface area contributed by atoms with Gasteiger partial charge in [0.1, 0.15) is 12.1 Å². The number of carbonyl (C=O) groups is 4. The molecule has 0 spiro atoms. The molecule has 156 valence electrons. The van der Waals surface area contributed by atoms with Crippen molar-refractivity contribution >= 4 is 23.8 Å². The van der Waals surface area contributed by atoms with Crippen LogP contribution >= 0.6 is 0 Å². The van der Waals surface area contributed by atoms with Gasteiger partial charge in [-0.3, -0.25) is 14.4 Å². The monoisotopic (exact) mass is 397 g/mol. The van der Waals surface area contributed by atoms with Gasteiger partial charge in [0.05, 0.1) is 12.4 Å². The van der Waals surface area contributed by atoms with E-state index < -0.39 is 48.3 Å². The molecule has 28 heavy (non-hydrogen) atoms. The molecule has 0 aromatic carbocycles. The Morgan fingerprint density at radius 1 is 1.14 bits per heavy atom. The number of carbonyl (C=O) groups excluding carboxylic acids is 2. The van der Waals surface area contributed by atoms with Crippen molar-refractivity contribution in [2.75, 3.05) is 0 Å². The van der Waals surface area contributed by atoms with Crippen molar-refractivity contribution in [3.8, 4) is 0 Å². The van der Waals surface area contributed by atoms with Gasteiger partial charge in [0.15, 0.2) is 0 Å². The van der Waals surface area contributed by atoms with Gasteiger partial charge in [-0.15, -0.1) is 0 Å². The lowest BCUT2D eigenvalue weighted by Gasteiger charge is -2.24. The topological polar surface area (TPSA) is 187 Å². The number of aromatic nitrogens is 2. The molecule has 11 nitrogen and oxygen atoms in total. The number of rotatable bonds is 12. The summed E-state index contributed by atoms with van der Waals surface area (Å²) in [6.45, 7) is 3.69. The first-order valence-electron chi connectivity index (χ1n) is 8.88. The number of hydrogen-bond acceptors (Lipinski definition) is 6. The van der Waals surface area contributed by atoms with Crippen molar-refractivity contribution < 1.29 is 29.4 Å². The Morgan fingerprint density at radius 2 is 1.79 bits per heavy atom. The summed E-state index contributed by atoms with van der Waals surface area (Å²) in [5.41, 5.74) is 6.53. The molecule has 11 heteroatoms. The lowest BCUT2D eigenvalue weighted by Crippen LogP contribution is -2.55. The molecule has 0 saturated heterocycles. The first kappa shape index (κ1) is 23.1. The summed E-state index contributed by atoms with van der Waals surface area (Å²) in [4.78, 5) is 53.5. The van der Waals surface area contributed by atoms with E-state index in [-0.39, 0.29) is 25.2 Å². The quantitative estimate of drug-likeness (QED) is 0.265. The summed E-state index contributed by atoms with van der Waals surface area (Å²) >= 11 is 0. The first-order valence-corrected chi connectivity index (χ1v) is 8.88. The second kappa shape index (κ2) is 11.0. The van der Waals surface area contributed by atoms with Gasteiger partial charge in [-0.2, -0.15) is 0 Å². The standard InChI is InChI=1S/C17H27N5O6/c1-9(2)5-13(16(26)21-12(17(27)28)3-4-14(23)24)22-15(25)11(18)6-10-7-19-8-20-10/h7-9,11-13H,3-6,18H2,1-2H3,(H,19,20)(H,21,26)(H,22,25)(H,23,24)(H,27,28)/t11-,12-,13-/m0/s1. The molecule has 0 unspecified atom stereocenters. The van der Waals surface area contributed by atoms with E-state index in [4.69, 9.17) is 10.8 Å². The van der Waals surface area contributed by atoms with Gasteiger partial charge in [-0.25, -0.2) is 9.78 Å². The smallest absolute Gasteiger partial charge is 0.326 e. The van der Waals surface area contributed by atoms with Crippen LogP contribution in [0.25, 0.3) is 0 Å². The van der Waals surface area contributed by atoms with Crippen molar-refractivity contribution in [2.24, 2.45) is 11.7 Å². The van der Waals surface area contributed by atoms with Crippen molar-refractivity contribution in [3.63, 3.8) is 0 Å². The van der Waals surface area contributed by atoms with E-state index in [1.807, 2.05) is 13.8 Å². The second-order valence-electron chi connectivity index (χ2n) is 6.91. The fourth-order valence-corrected chi connectivity index (χ4v) is 2.51. The molecule has 1 rings (SSSR count). The number of aliphatic carboxylic acids is 2. The highest BCUT2D eigenvalue weighted by Crippen LogP contribution is 2.08. The zero-order chi connectivity index (χ0) is 21.3. The maximum Gasteiger partial charge on any atom is 0.326 e. The highest BCUT2D eigenvalue weighted by atomic mass is 16.4. The van der Waals surface area contributed by atoms with Gasteiger partial charge in [0, 0.05) is 24.7 Å². The SMILES string of the molecule is CC(C)C[C@H](NC(=O)[C@@H](N)Cc1cnc[nH]1)C(=O)N[C@@H](CCC(=O)O)C(=O)O. The molecule has 0 bridgehead atoms. The molecule has 2 amide bonds. The van der Waals surface area contributed by atoms with Gasteiger partial charge >= 0.3 is 11.9 Å². The third-order valence-corrected chi connectivity index (χ3v) is 3.93. The number of hydrogen-bond donors (Lipinski definition) is 6. The van der Waals surface area contributed by atoms with Crippen LogP contribution in [-0.4, -0.2) is 62.1 Å². The van der Waals surface area contributed by atoms with E-state index in [0.29, 0.717) is 5.69 Å². The highest BCUT2D eigenvalue weighted by Gasteiger charge is 2.28. The largest absolute Gasteiger partial charge is 0.481 e. The van der Waals surface area contributed by atoms with E-state index >= 15 is 0 Å². The van der Waals surface area contributed by atoms with Gasteiger partial charge in [-0.1, -0.05) is 13.8 Å². The molecule has 0 saturated carbocycles. The number of carboxylic acid groups (broad SMARTS) is 2. The molecule has 3 atom stereocenters. The Hall–Kier alpha value is -2.95. The minimum Gasteiger partial charge on any atom is -0.481 e. The minimum atomic E-state index is -1.37. The predicted octanol–water partition coefficient (Wildman–Crippen LogP) is -0.755. The van der Waals surface area contributed by atoms with E-state index in [9.17, 15) is 24.3 Å². The average Bonchev–Trinajstić information content (AvgIpc) is 3.09. The number of amides is 2. The molecule has 0 radical (unpaired) electrons. The number of nitrogens with two attached hydrogens (primary N) is 1. The Balaban J connectivity index is 2.75. The highest BCUT2D eigenvalue weighted by molar-refractivity contribution is 5.91. The van der Waals surface area contributed by atoms with Gasteiger partial charge in [-0.05, 0) is 18.8 Å². The molecule has 7 N–H and O–H groups in total. The van der Waals surface area contributed by atoms with Gasteiger partial charge in [0.2, 0.25) is 11.8 Å². The lowest BCUT2D eigenvalue weighted by atomic mass is 10.0.